The quantitative estimate of drug-likeness (QED) is 0.517. The molecule has 0 N–H and O–H groups in total. The topological polar surface area (TPSA) is 0 Å². The fourth-order valence-electron chi connectivity index (χ4n) is 0.713. The highest BCUT2D eigenvalue weighted by atomic mass is 28.3. The van der Waals surface area contributed by atoms with E-state index in [1.165, 1.54) is 12.8 Å². The van der Waals surface area contributed by atoms with E-state index in [0.717, 1.165) is 5.92 Å². The van der Waals surface area contributed by atoms with Gasteiger partial charge in [-0.15, -0.1) is 0 Å². The maximum atomic E-state index is 2.46. The first-order chi connectivity index (χ1) is 4.08. The number of hydrogen-bond donors (Lipinski definition) is 0. The van der Waals surface area contributed by atoms with Crippen molar-refractivity contribution in [1.29, 1.82) is 0 Å². The van der Waals surface area contributed by atoms with E-state index in [0.29, 0.717) is 0 Å². The lowest BCUT2D eigenvalue weighted by Gasteiger charge is -2.07. The zero-order valence-electron chi connectivity index (χ0n) is 6.65. The van der Waals surface area contributed by atoms with Crippen molar-refractivity contribution in [1.82, 2.24) is 0 Å². The van der Waals surface area contributed by atoms with Crippen LogP contribution in [-0.2, 0) is 0 Å². The number of rotatable bonds is 2. The molecule has 0 aromatic heterocycles. The van der Waals surface area contributed by atoms with Gasteiger partial charge in [-0.25, -0.2) is 0 Å². The molecule has 0 bridgehead atoms. The van der Waals surface area contributed by atoms with E-state index in [4.69, 9.17) is 0 Å². The lowest BCUT2D eigenvalue weighted by atomic mass is 10.4. The van der Waals surface area contributed by atoms with Crippen LogP contribution in [0.5, 0.6) is 0 Å². The molecule has 1 aliphatic rings. The minimum atomic E-state index is -0.861. The molecule has 1 heteroatoms. The van der Waals surface area contributed by atoms with Crippen molar-refractivity contribution in [3.05, 3.63) is 11.8 Å². The molecule has 0 spiro atoms. The second kappa shape index (κ2) is 2.29. The van der Waals surface area contributed by atoms with Gasteiger partial charge in [0.2, 0.25) is 0 Å². The Morgan fingerprint density at radius 2 is 1.78 bits per heavy atom. The third-order valence-corrected chi connectivity index (χ3v) is 2.68. The predicted octanol–water partition coefficient (Wildman–Crippen LogP) is 2.83. The lowest BCUT2D eigenvalue weighted by molar-refractivity contribution is 1.13. The summed E-state index contributed by atoms with van der Waals surface area (Å²) in [5.41, 5.74) is 2.46. The van der Waals surface area contributed by atoms with Crippen molar-refractivity contribution in [2.75, 3.05) is 0 Å². The molecule has 0 amide bonds. The van der Waals surface area contributed by atoms with Crippen molar-refractivity contribution in [3.8, 4) is 0 Å². The van der Waals surface area contributed by atoms with Gasteiger partial charge >= 0.3 is 0 Å². The van der Waals surface area contributed by atoms with Gasteiger partial charge in [0.25, 0.3) is 0 Å². The predicted molar refractivity (Wildman–Crippen MR) is 45.2 cm³/mol. The Labute approximate surface area is 59.0 Å². The summed E-state index contributed by atoms with van der Waals surface area (Å²) in [7, 11) is -0.861. The second-order valence-electron chi connectivity index (χ2n) is 4.06. The Bertz CT molecular complexity index is 115. The van der Waals surface area contributed by atoms with Crippen LogP contribution in [0.1, 0.15) is 12.8 Å². The van der Waals surface area contributed by atoms with Gasteiger partial charge in [0.05, 0.1) is 8.07 Å². The molecule has 0 nitrogen and oxygen atoms in total. The number of allylic oxidation sites excluding steroid dienone is 1. The molecule has 0 aromatic rings. The smallest absolute Gasteiger partial charge is 0.0682 e. The molecule has 0 saturated heterocycles. The molecule has 0 aliphatic heterocycles. The Hall–Kier alpha value is -0.0431. The van der Waals surface area contributed by atoms with E-state index in [9.17, 15) is 0 Å². The molecule has 9 heavy (non-hydrogen) atoms. The molecule has 52 valence electrons. The van der Waals surface area contributed by atoms with Crippen LogP contribution >= 0.6 is 0 Å². The maximum absolute atomic E-state index is 2.46. The largest absolute Gasteiger partial charge is 0.0986 e. The van der Waals surface area contributed by atoms with Crippen molar-refractivity contribution in [2.24, 2.45) is 5.92 Å². The molecule has 0 radical (unpaired) electrons. The highest BCUT2D eigenvalue weighted by Gasteiger charge is 2.18. The average molecular weight is 140 g/mol. The summed E-state index contributed by atoms with van der Waals surface area (Å²) < 4.78 is 0. The molecular weight excluding hydrogens is 124 g/mol. The van der Waals surface area contributed by atoms with Crippen molar-refractivity contribution < 1.29 is 0 Å². The standard InChI is InChI=1S/C8H16Si/c1-9(2,3)7-6-8-4-5-8/h6-8H,4-5H2,1-3H3/b7-6-. The summed E-state index contributed by atoms with van der Waals surface area (Å²) >= 11 is 0. The van der Waals surface area contributed by atoms with Crippen molar-refractivity contribution >= 4 is 8.07 Å². The fourth-order valence-corrected chi connectivity index (χ4v) is 1.56. The van der Waals surface area contributed by atoms with E-state index in [2.05, 4.69) is 31.4 Å². The van der Waals surface area contributed by atoms with E-state index in [1.54, 1.807) is 0 Å². The van der Waals surface area contributed by atoms with Gasteiger partial charge in [-0.05, 0) is 18.8 Å². The lowest BCUT2D eigenvalue weighted by Crippen LogP contribution is -2.15. The highest BCUT2D eigenvalue weighted by molar-refractivity contribution is 6.80. The summed E-state index contributed by atoms with van der Waals surface area (Å²) in [4.78, 5) is 0. The minimum absolute atomic E-state index is 0.861. The summed E-state index contributed by atoms with van der Waals surface area (Å²) in [6.07, 6.45) is 5.31. The van der Waals surface area contributed by atoms with Gasteiger partial charge in [-0.2, -0.15) is 0 Å². The molecule has 1 rings (SSSR count). The van der Waals surface area contributed by atoms with Gasteiger partial charge in [-0.1, -0.05) is 31.4 Å². The maximum Gasteiger partial charge on any atom is 0.0682 e. The number of hydrogen-bond acceptors (Lipinski definition) is 0. The van der Waals surface area contributed by atoms with Gasteiger partial charge in [-0.3, -0.25) is 0 Å². The zero-order chi connectivity index (χ0) is 6.91. The van der Waals surface area contributed by atoms with Crippen LogP contribution in [0.25, 0.3) is 0 Å². The zero-order valence-corrected chi connectivity index (χ0v) is 7.65. The minimum Gasteiger partial charge on any atom is -0.0986 e. The summed E-state index contributed by atoms with van der Waals surface area (Å²) in [6, 6.07) is 0. The van der Waals surface area contributed by atoms with Gasteiger partial charge in [0, 0.05) is 0 Å². The van der Waals surface area contributed by atoms with E-state index >= 15 is 0 Å². The van der Waals surface area contributed by atoms with Crippen LogP contribution in [-0.4, -0.2) is 8.07 Å². The Morgan fingerprint density at radius 1 is 1.22 bits per heavy atom. The Morgan fingerprint density at radius 3 is 2.11 bits per heavy atom. The van der Waals surface area contributed by atoms with E-state index in [1.807, 2.05) is 0 Å². The summed E-state index contributed by atoms with van der Waals surface area (Å²) in [5, 5.41) is 0. The normalized spacial score (nSPS) is 21.2. The van der Waals surface area contributed by atoms with Crippen LogP contribution in [0.15, 0.2) is 11.8 Å². The fraction of sp³-hybridized carbons (Fsp3) is 0.750. The van der Waals surface area contributed by atoms with Crippen molar-refractivity contribution in [3.63, 3.8) is 0 Å². The summed E-state index contributed by atoms with van der Waals surface area (Å²) in [6.45, 7) is 7.14. The molecule has 0 unspecified atom stereocenters. The molecule has 0 atom stereocenters. The van der Waals surface area contributed by atoms with E-state index < -0.39 is 8.07 Å². The third kappa shape index (κ3) is 3.52. The average Bonchev–Trinajstić information content (AvgIpc) is 2.38. The monoisotopic (exact) mass is 140 g/mol. The first-order valence-corrected chi connectivity index (χ1v) is 7.35. The SMILES string of the molecule is C[Si](C)(C)/C=C\C1CC1. The van der Waals surface area contributed by atoms with E-state index in [-0.39, 0.29) is 0 Å². The van der Waals surface area contributed by atoms with Gasteiger partial charge in [0.15, 0.2) is 0 Å². The van der Waals surface area contributed by atoms with Gasteiger partial charge < -0.3 is 0 Å². The van der Waals surface area contributed by atoms with Crippen LogP contribution in [0, 0.1) is 5.92 Å². The molecule has 1 aliphatic carbocycles. The third-order valence-electron chi connectivity index (χ3n) is 1.49. The summed E-state index contributed by atoms with van der Waals surface area (Å²) in [5.74, 6) is 0.969. The van der Waals surface area contributed by atoms with Crippen molar-refractivity contribution in [2.45, 2.75) is 32.5 Å². The molecule has 1 fully saturated rings. The second-order valence-corrected chi connectivity index (χ2v) is 9.13. The van der Waals surface area contributed by atoms with Crippen LogP contribution < -0.4 is 0 Å². The Kier molecular flexibility index (Phi) is 1.80. The first-order valence-electron chi connectivity index (χ1n) is 3.77. The van der Waals surface area contributed by atoms with Crippen LogP contribution in [0.3, 0.4) is 0 Å². The Balaban J connectivity index is 2.29. The molecular formula is C8H16Si. The van der Waals surface area contributed by atoms with Crippen LogP contribution in [0.4, 0.5) is 0 Å². The van der Waals surface area contributed by atoms with Gasteiger partial charge in [0.1, 0.15) is 0 Å². The molecule has 0 heterocycles. The first kappa shape index (κ1) is 7.07. The molecule has 1 saturated carbocycles. The highest BCUT2D eigenvalue weighted by Crippen LogP contribution is 2.30. The molecule has 0 aromatic carbocycles. The van der Waals surface area contributed by atoms with Crippen LogP contribution in [0.2, 0.25) is 19.6 Å².